The number of rotatable bonds is 4. The third kappa shape index (κ3) is 2.48. The van der Waals surface area contributed by atoms with Crippen LogP contribution in [0, 0.1) is 0 Å². The largest absolute Gasteiger partial charge is 0.496 e. The summed E-state index contributed by atoms with van der Waals surface area (Å²) in [6.45, 7) is 4.34. The lowest BCUT2D eigenvalue weighted by Gasteiger charge is -2.11. The molecule has 2 rings (SSSR count). The highest BCUT2D eigenvalue weighted by Gasteiger charge is 2.12. The quantitative estimate of drug-likeness (QED) is 0.837. The van der Waals surface area contributed by atoms with Crippen molar-refractivity contribution >= 4 is 11.3 Å². The zero-order chi connectivity index (χ0) is 13.1. The SMILES string of the molecule is COc1csc(-c2ccc(C(C)C)cc2OC)n1. The van der Waals surface area contributed by atoms with Crippen molar-refractivity contribution in [2.45, 2.75) is 19.8 Å². The minimum Gasteiger partial charge on any atom is -0.496 e. The van der Waals surface area contributed by atoms with Crippen molar-refractivity contribution in [3.05, 3.63) is 29.1 Å². The minimum absolute atomic E-state index is 0.485. The van der Waals surface area contributed by atoms with E-state index in [1.807, 2.05) is 5.38 Å². The van der Waals surface area contributed by atoms with Gasteiger partial charge < -0.3 is 9.47 Å². The van der Waals surface area contributed by atoms with Gasteiger partial charge in [0.1, 0.15) is 10.8 Å². The maximum absolute atomic E-state index is 5.46. The first-order valence-corrected chi connectivity index (χ1v) is 6.71. The fourth-order valence-electron chi connectivity index (χ4n) is 1.72. The third-order valence-electron chi connectivity index (χ3n) is 2.81. The Morgan fingerprint density at radius 3 is 2.50 bits per heavy atom. The Hall–Kier alpha value is -1.55. The van der Waals surface area contributed by atoms with Gasteiger partial charge in [-0.15, -0.1) is 11.3 Å². The van der Waals surface area contributed by atoms with Crippen LogP contribution in [0.4, 0.5) is 0 Å². The molecule has 0 aliphatic heterocycles. The fraction of sp³-hybridized carbons (Fsp3) is 0.357. The highest BCUT2D eigenvalue weighted by Crippen LogP contribution is 2.35. The molecule has 0 spiro atoms. The molecule has 18 heavy (non-hydrogen) atoms. The van der Waals surface area contributed by atoms with Gasteiger partial charge >= 0.3 is 0 Å². The maximum Gasteiger partial charge on any atom is 0.224 e. The molecule has 1 aromatic heterocycles. The molecule has 0 N–H and O–H groups in total. The molecule has 0 fully saturated rings. The van der Waals surface area contributed by atoms with Gasteiger partial charge in [0.05, 0.1) is 25.2 Å². The van der Waals surface area contributed by atoms with E-state index in [2.05, 4.69) is 37.0 Å². The van der Waals surface area contributed by atoms with Gasteiger partial charge in [0.2, 0.25) is 5.88 Å². The molecule has 2 aromatic rings. The smallest absolute Gasteiger partial charge is 0.224 e. The summed E-state index contributed by atoms with van der Waals surface area (Å²) in [5, 5.41) is 2.81. The lowest BCUT2D eigenvalue weighted by atomic mass is 10.0. The van der Waals surface area contributed by atoms with Crippen LogP contribution in [-0.4, -0.2) is 19.2 Å². The van der Waals surface area contributed by atoms with E-state index in [4.69, 9.17) is 9.47 Å². The highest BCUT2D eigenvalue weighted by molar-refractivity contribution is 7.13. The van der Waals surface area contributed by atoms with E-state index in [9.17, 15) is 0 Å². The van der Waals surface area contributed by atoms with E-state index in [-0.39, 0.29) is 0 Å². The Morgan fingerprint density at radius 2 is 1.94 bits per heavy atom. The van der Waals surface area contributed by atoms with Crippen LogP contribution in [0.3, 0.4) is 0 Å². The molecule has 0 radical (unpaired) electrons. The summed E-state index contributed by atoms with van der Waals surface area (Å²) in [5.74, 6) is 1.99. The first kappa shape index (κ1) is 12.9. The summed E-state index contributed by atoms with van der Waals surface area (Å²) in [6, 6.07) is 6.26. The predicted molar refractivity (Wildman–Crippen MR) is 74.7 cm³/mol. The van der Waals surface area contributed by atoms with Crippen molar-refractivity contribution in [1.82, 2.24) is 4.98 Å². The van der Waals surface area contributed by atoms with Crippen LogP contribution >= 0.6 is 11.3 Å². The van der Waals surface area contributed by atoms with E-state index in [1.54, 1.807) is 25.6 Å². The van der Waals surface area contributed by atoms with Crippen LogP contribution in [0.25, 0.3) is 10.6 Å². The summed E-state index contributed by atoms with van der Waals surface area (Å²) in [6.07, 6.45) is 0. The van der Waals surface area contributed by atoms with Gasteiger partial charge in [0.25, 0.3) is 0 Å². The zero-order valence-corrected chi connectivity index (χ0v) is 11.9. The van der Waals surface area contributed by atoms with Gasteiger partial charge in [0, 0.05) is 0 Å². The average molecular weight is 263 g/mol. The number of hydrogen-bond donors (Lipinski definition) is 0. The Bertz CT molecular complexity index is 534. The fourth-order valence-corrected chi connectivity index (χ4v) is 2.52. The van der Waals surface area contributed by atoms with Gasteiger partial charge in [-0.05, 0) is 23.6 Å². The average Bonchev–Trinajstić information content (AvgIpc) is 2.86. The summed E-state index contributed by atoms with van der Waals surface area (Å²) in [7, 11) is 3.31. The van der Waals surface area contributed by atoms with Gasteiger partial charge in [-0.2, -0.15) is 0 Å². The second-order valence-electron chi connectivity index (χ2n) is 4.31. The third-order valence-corrected chi connectivity index (χ3v) is 3.67. The summed E-state index contributed by atoms with van der Waals surface area (Å²) < 4.78 is 10.6. The van der Waals surface area contributed by atoms with E-state index in [0.717, 1.165) is 16.3 Å². The zero-order valence-electron chi connectivity index (χ0n) is 11.1. The van der Waals surface area contributed by atoms with Gasteiger partial charge in [-0.3, -0.25) is 0 Å². The number of hydrogen-bond acceptors (Lipinski definition) is 4. The van der Waals surface area contributed by atoms with Gasteiger partial charge in [-0.25, -0.2) is 4.98 Å². The lowest BCUT2D eigenvalue weighted by Crippen LogP contribution is -1.93. The number of aromatic nitrogens is 1. The van der Waals surface area contributed by atoms with Crippen molar-refractivity contribution in [2.75, 3.05) is 14.2 Å². The normalized spacial score (nSPS) is 10.7. The molecule has 0 saturated heterocycles. The first-order valence-electron chi connectivity index (χ1n) is 5.83. The number of methoxy groups -OCH3 is 2. The van der Waals surface area contributed by atoms with E-state index < -0.39 is 0 Å². The molecular weight excluding hydrogens is 246 g/mol. The van der Waals surface area contributed by atoms with E-state index >= 15 is 0 Å². The van der Waals surface area contributed by atoms with Crippen molar-refractivity contribution in [3.63, 3.8) is 0 Å². The van der Waals surface area contributed by atoms with Gasteiger partial charge in [0.15, 0.2) is 0 Å². The monoisotopic (exact) mass is 263 g/mol. The van der Waals surface area contributed by atoms with Crippen LogP contribution in [0.2, 0.25) is 0 Å². The molecule has 0 bridgehead atoms. The van der Waals surface area contributed by atoms with Crippen molar-refractivity contribution in [1.29, 1.82) is 0 Å². The number of thiazole rings is 1. The molecule has 0 amide bonds. The molecule has 0 aliphatic rings. The number of ether oxygens (including phenoxy) is 2. The van der Waals surface area contributed by atoms with E-state index in [0.29, 0.717) is 11.8 Å². The number of nitrogens with zero attached hydrogens (tertiary/aromatic N) is 1. The molecule has 1 heterocycles. The molecule has 1 aromatic carbocycles. The predicted octanol–water partition coefficient (Wildman–Crippen LogP) is 3.95. The van der Waals surface area contributed by atoms with E-state index in [1.165, 1.54) is 5.56 Å². The Labute approximate surface area is 111 Å². The second kappa shape index (κ2) is 5.40. The van der Waals surface area contributed by atoms with Crippen LogP contribution in [0.15, 0.2) is 23.6 Å². The molecule has 96 valence electrons. The van der Waals surface area contributed by atoms with Crippen LogP contribution in [0.1, 0.15) is 25.3 Å². The van der Waals surface area contributed by atoms with Crippen molar-refractivity contribution in [3.8, 4) is 22.2 Å². The Balaban J connectivity index is 2.44. The molecule has 0 atom stereocenters. The standard InChI is InChI=1S/C14H17NO2S/c1-9(2)10-5-6-11(12(7-10)16-3)14-15-13(17-4)8-18-14/h5-9H,1-4H3. The molecule has 4 heteroatoms. The topological polar surface area (TPSA) is 31.4 Å². The second-order valence-corrected chi connectivity index (χ2v) is 5.17. The van der Waals surface area contributed by atoms with Crippen LogP contribution < -0.4 is 9.47 Å². The lowest BCUT2D eigenvalue weighted by molar-refractivity contribution is 0.400. The first-order chi connectivity index (χ1) is 8.65. The Morgan fingerprint density at radius 1 is 1.17 bits per heavy atom. The van der Waals surface area contributed by atoms with Crippen molar-refractivity contribution in [2.24, 2.45) is 0 Å². The summed E-state index contributed by atoms with van der Waals surface area (Å²) in [4.78, 5) is 4.40. The molecular formula is C14H17NO2S. The molecule has 3 nitrogen and oxygen atoms in total. The van der Waals surface area contributed by atoms with Crippen LogP contribution in [0.5, 0.6) is 11.6 Å². The molecule has 0 saturated carbocycles. The van der Waals surface area contributed by atoms with Crippen molar-refractivity contribution < 1.29 is 9.47 Å². The molecule has 0 unspecified atom stereocenters. The Kier molecular flexibility index (Phi) is 3.87. The minimum atomic E-state index is 0.485. The number of benzene rings is 1. The maximum atomic E-state index is 5.46. The highest BCUT2D eigenvalue weighted by atomic mass is 32.1. The summed E-state index contributed by atoms with van der Waals surface area (Å²) in [5.41, 5.74) is 2.27. The summed E-state index contributed by atoms with van der Waals surface area (Å²) >= 11 is 1.55. The van der Waals surface area contributed by atoms with Gasteiger partial charge in [-0.1, -0.05) is 19.9 Å². The molecule has 0 aliphatic carbocycles. The van der Waals surface area contributed by atoms with Crippen LogP contribution in [-0.2, 0) is 0 Å².